The average molecular weight is 249 g/mol. The van der Waals surface area contributed by atoms with Crippen LogP contribution < -0.4 is 4.90 Å². The molecule has 0 amide bonds. The van der Waals surface area contributed by atoms with Gasteiger partial charge in [0.15, 0.2) is 0 Å². The summed E-state index contributed by atoms with van der Waals surface area (Å²) in [6, 6.07) is 1.89. The summed E-state index contributed by atoms with van der Waals surface area (Å²) in [5.41, 5.74) is 2.01. The van der Waals surface area contributed by atoms with Gasteiger partial charge in [0.25, 0.3) is 0 Å². The number of nitrogens with zero attached hydrogens (tertiary/aromatic N) is 3. The molecule has 0 spiro atoms. The molecule has 18 heavy (non-hydrogen) atoms. The summed E-state index contributed by atoms with van der Waals surface area (Å²) >= 11 is 0. The quantitative estimate of drug-likeness (QED) is 0.874. The average Bonchev–Trinajstić information content (AvgIpc) is 2.41. The fourth-order valence-corrected chi connectivity index (χ4v) is 2.62. The molecule has 100 valence electrons. The standard InChI is InChI=1S/C14H23N3O/c1-16-7-4-12(5-8-16)10-17(2)14-9-15-6-3-13(14)11-18/h3,6,9,12,18H,4-5,7-8,10-11H2,1-2H3. The van der Waals surface area contributed by atoms with Gasteiger partial charge in [-0.05, 0) is 45.0 Å². The zero-order chi connectivity index (χ0) is 13.0. The van der Waals surface area contributed by atoms with Gasteiger partial charge in [-0.25, -0.2) is 0 Å². The number of piperidine rings is 1. The highest BCUT2D eigenvalue weighted by atomic mass is 16.3. The van der Waals surface area contributed by atoms with Crippen LogP contribution in [0.5, 0.6) is 0 Å². The van der Waals surface area contributed by atoms with E-state index >= 15 is 0 Å². The molecule has 1 aromatic rings. The molecule has 1 N–H and O–H groups in total. The molecule has 0 radical (unpaired) electrons. The molecule has 0 saturated carbocycles. The smallest absolute Gasteiger partial charge is 0.0703 e. The highest BCUT2D eigenvalue weighted by Gasteiger charge is 2.19. The van der Waals surface area contributed by atoms with E-state index in [0.717, 1.165) is 23.7 Å². The van der Waals surface area contributed by atoms with Crippen molar-refractivity contribution < 1.29 is 5.11 Å². The number of anilines is 1. The summed E-state index contributed by atoms with van der Waals surface area (Å²) in [6.07, 6.45) is 6.10. The van der Waals surface area contributed by atoms with Gasteiger partial charge in [0, 0.05) is 25.4 Å². The number of aliphatic hydroxyl groups is 1. The highest BCUT2D eigenvalue weighted by Crippen LogP contribution is 2.22. The Morgan fingerprint density at radius 2 is 2.17 bits per heavy atom. The fraction of sp³-hybridized carbons (Fsp3) is 0.643. The molecule has 1 aliphatic rings. The normalized spacial score (nSPS) is 17.9. The van der Waals surface area contributed by atoms with Crippen LogP contribution in [0.2, 0.25) is 0 Å². The Balaban J connectivity index is 1.96. The van der Waals surface area contributed by atoms with E-state index in [1.807, 2.05) is 12.3 Å². The number of aliphatic hydroxyl groups excluding tert-OH is 1. The first kappa shape index (κ1) is 13.3. The van der Waals surface area contributed by atoms with E-state index in [1.54, 1.807) is 6.20 Å². The predicted octanol–water partition coefficient (Wildman–Crippen LogP) is 1.35. The lowest BCUT2D eigenvalue weighted by Crippen LogP contribution is -2.36. The van der Waals surface area contributed by atoms with Crippen molar-refractivity contribution in [3.05, 3.63) is 24.0 Å². The second-order valence-electron chi connectivity index (χ2n) is 5.29. The maximum Gasteiger partial charge on any atom is 0.0703 e. The van der Waals surface area contributed by atoms with Gasteiger partial charge in [0.1, 0.15) is 0 Å². The molecule has 2 heterocycles. The number of pyridine rings is 1. The molecule has 0 bridgehead atoms. The van der Waals surface area contributed by atoms with E-state index in [4.69, 9.17) is 0 Å². The van der Waals surface area contributed by atoms with Crippen molar-refractivity contribution in [3.8, 4) is 0 Å². The highest BCUT2D eigenvalue weighted by molar-refractivity contribution is 5.50. The van der Waals surface area contributed by atoms with Crippen LogP contribution in [-0.2, 0) is 6.61 Å². The van der Waals surface area contributed by atoms with Crippen molar-refractivity contribution in [2.24, 2.45) is 5.92 Å². The minimum Gasteiger partial charge on any atom is -0.392 e. The van der Waals surface area contributed by atoms with E-state index in [2.05, 4.69) is 28.9 Å². The Morgan fingerprint density at radius 1 is 1.44 bits per heavy atom. The predicted molar refractivity (Wildman–Crippen MR) is 73.7 cm³/mol. The molecule has 4 nitrogen and oxygen atoms in total. The Kier molecular flexibility index (Phi) is 4.55. The van der Waals surface area contributed by atoms with Gasteiger partial charge in [0.05, 0.1) is 18.5 Å². The van der Waals surface area contributed by atoms with Gasteiger partial charge >= 0.3 is 0 Å². The molecule has 1 saturated heterocycles. The summed E-state index contributed by atoms with van der Waals surface area (Å²) in [5, 5.41) is 9.35. The second kappa shape index (κ2) is 6.16. The maximum atomic E-state index is 9.35. The van der Waals surface area contributed by atoms with Crippen molar-refractivity contribution in [3.63, 3.8) is 0 Å². The molecular weight excluding hydrogens is 226 g/mol. The van der Waals surface area contributed by atoms with Gasteiger partial charge in [-0.15, -0.1) is 0 Å². The third-order valence-corrected chi connectivity index (χ3v) is 3.84. The molecule has 2 rings (SSSR count). The molecule has 0 aliphatic carbocycles. The minimum atomic E-state index is 0.0790. The summed E-state index contributed by atoms with van der Waals surface area (Å²) in [7, 11) is 4.28. The van der Waals surface area contributed by atoms with Crippen LogP contribution in [0.25, 0.3) is 0 Å². The van der Waals surface area contributed by atoms with Crippen molar-refractivity contribution in [1.29, 1.82) is 0 Å². The molecule has 0 atom stereocenters. The number of hydrogen-bond donors (Lipinski definition) is 1. The number of rotatable bonds is 4. The van der Waals surface area contributed by atoms with E-state index < -0.39 is 0 Å². The Bertz CT molecular complexity index is 375. The van der Waals surface area contributed by atoms with Gasteiger partial charge in [-0.2, -0.15) is 0 Å². The van der Waals surface area contributed by atoms with Crippen LogP contribution in [-0.4, -0.2) is 48.7 Å². The van der Waals surface area contributed by atoms with Crippen LogP contribution in [0.15, 0.2) is 18.5 Å². The first-order valence-electron chi connectivity index (χ1n) is 6.64. The van der Waals surface area contributed by atoms with Gasteiger partial charge in [-0.1, -0.05) is 0 Å². The molecule has 0 unspecified atom stereocenters. The Hall–Kier alpha value is -1.13. The van der Waals surface area contributed by atoms with Gasteiger partial charge in [-0.3, -0.25) is 4.98 Å². The first-order chi connectivity index (χ1) is 8.70. The molecule has 1 aromatic heterocycles. The fourth-order valence-electron chi connectivity index (χ4n) is 2.62. The Morgan fingerprint density at radius 3 is 2.83 bits per heavy atom. The second-order valence-corrected chi connectivity index (χ2v) is 5.29. The van der Waals surface area contributed by atoms with E-state index in [0.29, 0.717) is 0 Å². The number of aromatic nitrogens is 1. The van der Waals surface area contributed by atoms with Crippen LogP contribution >= 0.6 is 0 Å². The third kappa shape index (κ3) is 3.21. The van der Waals surface area contributed by atoms with E-state index in [1.165, 1.54) is 25.9 Å². The topological polar surface area (TPSA) is 39.6 Å². The lowest BCUT2D eigenvalue weighted by Gasteiger charge is -2.32. The summed E-state index contributed by atoms with van der Waals surface area (Å²) in [4.78, 5) is 8.78. The van der Waals surface area contributed by atoms with E-state index in [9.17, 15) is 5.11 Å². The third-order valence-electron chi connectivity index (χ3n) is 3.84. The maximum absolute atomic E-state index is 9.35. The van der Waals surface area contributed by atoms with Crippen LogP contribution in [0.1, 0.15) is 18.4 Å². The molecule has 1 fully saturated rings. The zero-order valence-electron chi connectivity index (χ0n) is 11.3. The summed E-state index contributed by atoms with van der Waals surface area (Å²) in [5.74, 6) is 0.748. The summed E-state index contributed by atoms with van der Waals surface area (Å²) < 4.78 is 0. The summed E-state index contributed by atoms with van der Waals surface area (Å²) in [6.45, 7) is 3.51. The lowest BCUT2D eigenvalue weighted by atomic mass is 9.96. The monoisotopic (exact) mass is 249 g/mol. The van der Waals surface area contributed by atoms with Crippen LogP contribution in [0.3, 0.4) is 0 Å². The van der Waals surface area contributed by atoms with Crippen LogP contribution in [0.4, 0.5) is 5.69 Å². The Labute approximate surface area is 109 Å². The van der Waals surface area contributed by atoms with Gasteiger partial charge in [0.2, 0.25) is 0 Å². The largest absolute Gasteiger partial charge is 0.392 e. The number of likely N-dealkylation sites (tertiary alicyclic amines) is 1. The molecule has 1 aliphatic heterocycles. The zero-order valence-corrected chi connectivity index (χ0v) is 11.3. The SMILES string of the molecule is CN1CCC(CN(C)c2cnccc2CO)CC1. The first-order valence-corrected chi connectivity index (χ1v) is 6.64. The van der Waals surface area contributed by atoms with Crippen molar-refractivity contribution in [1.82, 2.24) is 9.88 Å². The number of hydrogen-bond acceptors (Lipinski definition) is 4. The van der Waals surface area contributed by atoms with E-state index in [-0.39, 0.29) is 6.61 Å². The van der Waals surface area contributed by atoms with Gasteiger partial charge < -0.3 is 14.9 Å². The molecule has 0 aromatic carbocycles. The van der Waals surface area contributed by atoms with Crippen molar-refractivity contribution in [2.45, 2.75) is 19.4 Å². The van der Waals surface area contributed by atoms with Crippen molar-refractivity contribution in [2.75, 3.05) is 38.6 Å². The lowest BCUT2D eigenvalue weighted by molar-refractivity contribution is 0.222. The minimum absolute atomic E-state index is 0.0790. The van der Waals surface area contributed by atoms with Crippen molar-refractivity contribution >= 4 is 5.69 Å². The molecular formula is C14H23N3O. The molecule has 4 heteroatoms. The van der Waals surface area contributed by atoms with Crippen LogP contribution in [0, 0.1) is 5.92 Å².